The number of sulfone groups is 1. The molecule has 170 valence electrons. The van der Waals surface area contributed by atoms with Crippen molar-refractivity contribution in [3.63, 3.8) is 0 Å². The van der Waals surface area contributed by atoms with Crippen molar-refractivity contribution in [1.82, 2.24) is 15.1 Å². The molecule has 9 heteroatoms. The largest absolute Gasteiger partial charge is 0.478 e. The molecular formula is C22H32N4O4S. The van der Waals surface area contributed by atoms with Gasteiger partial charge in [0.25, 0.3) is 0 Å². The molecule has 0 unspecified atom stereocenters. The highest BCUT2D eigenvalue weighted by Crippen LogP contribution is 2.49. The van der Waals surface area contributed by atoms with E-state index in [9.17, 15) is 8.42 Å². The molecule has 0 aromatic carbocycles. The molecule has 1 aliphatic carbocycles. The van der Waals surface area contributed by atoms with Crippen molar-refractivity contribution >= 4 is 15.9 Å². The lowest BCUT2D eigenvalue weighted by Crippen LogP contribution is -2.34. The quantitative estimate of drug-likeness (QED) is 0.544. The van der Waals surface area contributed by atoms with Crippen molar-refractivity contribution < 1.29 is 17.7 Å². The molecule has 2 aromatic heterocycles. The summed E-state index contributed by atoms with van der Waals surface area (Å²) in [4.78, 5) is 11.1. The molecular weight excluding hydrogens is 416 g/mol. The maximum absolute atomic E-state index is 11.5. The van der Waals surface area contributed by atoms with Crippen LogP contribution in [-0.4, -0.2) is 49.5 Å². The van der Waals surface area contributed by atoms with Gasteiger partial charge in [0.1, 0.15) is 0 Å². The van der Waals surface area contributed by atoms with Gasteiger partial charge < -0.3 is 14.2 Å². The number of nitrogens with zero attached hydrogens (tertiary/aromatic N) is 4. The third-order valence-electron chi connectivity index (χ3n) is 6.48. The zero-order chi connectivity index (χ0) is 21.8. The van der Waals surface area contributed by atoms with Crippen molar-refractivity contribution in [2.75, 3.05) is 30.9 Å². The summed E-state index contributed by atoms with van der Waals surface area (Å²) >= 11 is 0. The Kier molecular flexibility index (Phi) is 6.79. The van der Waals surface area contributed by atoms with Crippen LogP contribution in [0.15, 0.2) is 27.7 Å². The smallest absolute Gasteiger partial charge is 0.324 e. The van der Waals surface area contributed by atoms with Gasteiger partial charge in [-0.25, -0.2) is 13.4 Å². The highest BCUT2D eigenvalue weighted by Gasteiger charge is 2.43. The SMILES string of the molecule is CCCCc1noc(N2CCC([C@H]3C[C@H]3CCOc3ccc(S(C)(=O)=O)cn3)CC2)n1. The van der Waals surface area contributed by atoms with Gasteiger partial charge in [0.05, 0.1) is 11.5 Å². The Morgan fingerprint density at radius 1 is 1.26 bits per heavy atom. The first kappa shape index (κ1) is 22.0. The maximum Gasteiger partial charge on any atom is 0.324 e. The van der Waals surface area contributed by atoms with E-state index >= 15 is 0 Å². The number of hydrogen-bond donors (Lipinski definition) is 0. The van der Waals surface area contributed by atoms with E-state index in [4.69, 9.17) is 9.26 Å². The fourth-order valence-corrected chi connectivity index (χ4v) is 5.05. The lowest BCUT2D eigenvalue weighted by Gasteiger charge is -2.30. The van der Waals surface area contributed by atoms with Crippen LogP contribution in [0.5, 0.6) is 5.88 Å². The van der Waals surface area contributed by atoms with E-state index in [1.165, 1.54) is 31.7 Å². The molecule has 0 bridgehead atoms. The van der Waals surface area contributed by atoms with E-state index in [1.54, 1.807) is 12.1 Å². The predicted octanol–water partition coefficient (Wildman–Crippen LogP) is 3.53. The second-order valence-corrected chi connectivity index (χ2v) is 10.8. The van der Waals surface area contributed by atoms with Crippen molar-refractivity contribution in [3.8, 4) is 5.88 Å². The van der Waals surface area contributed by atoms with Crippen LogP contribution in [0, 0.1) is 17.8 Å². The summed E-state index contributed by atoms with van der Waals surface area (Å²) in [6.45, 7) is 4.75. The molecule has 2 aromatic rings. The fourth-order valence-electron chi connectivity index (χ4n) is 4.50. The molecule has 2 aliphatic rings. The second-order valence-electron chi connectivity index (χ2n) is 8.82. The summed E-state index contributed by atoms with van der Waals surface area (Å²) in [5.74, 6) is 3.57. The van der Waals surface area contributed by atoms with Crippen molar-refractivity contribution in [2.45, 2.75) is 56.8 Å². The van der Waals surface area contributed by atoms with Gasteiger partial charge in [-0.05, 0) is 55.9 Å². The summed E-state index contributed by atoms with van der Waals surface area (Å²) in [6.07, 6.45) is 10.3. The Balaban J connectivity index is 1.16. The van der Waals surface area contributed by atoms with Gasteiger partial charge in [-0.1, -0.05) is 18.5 Å². The molecule has 0 N–H and O–H groups in total. The van der Waals surface area contributed by atoms with Crippen LogP contribution in [0.3, 0.4) is 0 Å². The summed E-state index contributed by atoms with van der Waals surface area (Å²) in [5.41, 5.74) is 0. The van der Waals surface area contributed by atoms with Crippen LogP contribution < -0.4 is 9.64 Å². The lowest BCUT2D eigenvalue weighted by atomic mass is 9.91. The maximum atomic E-state index is 11.5. The molecule has 4 rings (SSSR count). The molecule has 1 aliphatic heterocycles. The van der Waals surface area contributed by atoms with Gasteiger partial charge in [-0.2, -0.15) is 4.98 Å². The van der Waals surface area contributed by atoms with Crippen molar-refractivity contribution in [2.24, 2.45) is 17.8 Å². The zero-order valence-corrected chi connectivity index (χ0v) is 19.2. The molecule has 3 heterocycles. The average Bonchev–Trinajstić information content (AvgIpc) is 3.38. The number of aromatic nitrogens is 3. The first-order chi connectivity index (χ1) is 14.9. The summed E-state index contributed by atoms with van der Waals surface area (Å²) in [5, 5.41) is 4.11. The number of ether oxygens (including phenoxy) is 1. The fraction of sp³-hybridized carbons (Fsp3) is 0.682. The molecule has 1 saturated carbocycles. The minimum absolute atomic E-state index is 0.214. The first-order valence-corrected chi connectivity index (χ1v) is 13.2. The van der Waals surface area contributed by atoms with Gasteiger partial charge in [0, 0.05) is 38.0 Å². The Bertz CT molecular complexity index is 952. The van der Waals surface area contributed by atoms with Crippen LogP contribution >= 0.6 is 0 Å². The van der Waals surface area contributed by atoms with E-state index in [0.717, 1.165) is 62.4 Å². The molecule has 31 heavy (non-hydrogen) atoms. The van der Waals surface area contributed by atoms with Gasteiger partial charge in [0.2, 0.25) is 5.88 Å². The third kappa shape index (κ3) is 5.75. The van der Waals surface area contributed by atoms with Crippen molar-refractivity contribution in [3.05, 3.63) is 24.2 Å². The van der Waals surface area contributed by atoms with Crippen molar-refractivity contribution in [1.29, 1.82) is 0 Å². The standard InChI is InChI=1S/C22H32N4O4S/c1-3-4-5-20-24-22(30-25-20)26-11-8-16(9-12-26)19-14-17(19)10-13-29-21-7-6-18(15-23-21)31(2,27)28/h6-7,15-17,19H,3-5,8-14H2,1-2H3/t17-,19-/m1/s1. The Morgan fingerprint density at radius 3 is 2.74 bits per heavy atom. The molecule has 0 spiro atoms. The molecule has 8 nitrogen and oxygen atoms in total. The summed E-state index contributed by atoms with van der Waals surface area (Å²) < 4.78 is 34.2. The van der Waals surface area contributed by atoms with Crippen LogP contribution in [0.25, 0.3) is 0 Å². The summed E-state index contributed by atoms with van der Waals surface area (Å²) in [7, 11) is -3.22. The number of aryl methyl sites for hydroxylation is 1. The van der Waals surface area contributed by atoms with E-state index in [-0.39, 0.29) is 4.90 Å². The second kappa shape index (κ2) is 9.54. The highest BCUT2D eigenvalue weighted by atomic mass is 32.2. The van der Waals surface area contributed by atoms with E-state index in [0.29, 0.717) is 18.5 Å². The average molecular weight is 449 g/mol. The summed E-state index contributed by atoms with van der Waals surface area (Å²) in [6, 6.07) is 3.85. The molecule has 1 saturated heterocycles. The normalized spacial score (nSPS) is 21.9. The van der Waals surface area contributed by atoms with Crippen LogP contribution in [0.1, 0.15) is 51.3 Å². The van der Waals surface area contributed by atoms with Crippen LogP contribution in [-0.2, 0) is 16.3 Å². The predicted molar refractivity (Wildman–Crippen MR) is 117 cm³/mol. The number of anilines is 1. The molecule has 0 radical (unpaired) electrons. The Labute approximate surface area is 184 Å². The number of unbranched alkanes of at least 4 members (excludes halogenated alkanes) is 1. The Morgan fingerprint density at radius 2 is 2.06 bits per heavy atom. The van der Waals surface area contributed by atoms with Gasteiger partial charge in [0.15, 0.2) is 15.7 Å². The van der Waals surface area contributed by atoms with Gasteiger partial charge in [-0.3, -0.25) is 0 Å². The number of piperidine rings is 1. The minimum atomic E-state index is -3.22. The van der Waals surface area contributed by atoms with E-state index < -0.39 is 9.84 Å². The third-order valence-corrected chi connectivity index (χ3v) is 7.58. The lowest BCUT2D eigenvalue weighted by molar-refractivity contribution is 0.274. The number of hydrogen-bond acceptors (Lipinski definition) is 8. The topological polar surface area (TPSA) is 98.4 Å². The van der Waals surface area contributed by atoms with Crippen LogP contribution in [0.4, 0.5) is 6.01 Å². The van der Waals surface area contributed by atoms with Crippen LogP contribution in [0.2, 0.25) is 0 Å². The van der Waals surface area contributed by atoms with E-state index in [2.05, 4.69) is 26.9 Å². The number of rotatable bonds is 10. The highest BCUT2D eigenvalue weighted by molar-refractivity contribution is 7.90. The number of pyridine rings is 1. The monoisotopic (exact) mass is 448 g/mol. The van der Waals surface area contributed by atoms with Gasteiger partial charge in [-0.15, -0.1) is 0 Å². The minimum Gasteiger partial charge on any atom is -0.478 e. The zero-order valence-electron chi connectivity index (χ0n) is 18.4. The Hall–Kier alpha value is -2.16. The van der Waals surface area contributed by atoms with Gasteiger partial charge >= 0.3 is 6.01 Å². The molecule has 2 fully saturated rings. The molecule has 2 atom stereocenters. The first-order valence-electron chi connectivity index (χ1n) is 11.3. The van der Waals surface area contributed by atoms with E-state index in [1.807, 2.05) is 0 Å². The molecule has 0 amide bonds.